The molecular formula is C17H30IN7O. The van der Waals surface area contributed by atoms with E-state index in [-0.39, 0.29) is 35.9 Å². The van der Waals surface area contributed by atoms with E-state index >= 15 is 0 Å². The van der Waals surface area contributed by atoms with Gasteiger partial charge in [-0.15, -0.1) is 24.0 Å². The van der Waals surface area contributed by atoms with E-state index < -0.39 is 0 Å². The third-order valence-electron chi connectivity index (χ3n) is 3.80. The number of hydrogen-bond acceptors (Lipinski definition) is 5. The summed E-state index contributed by atoms with van der Waals surface area (Å²) in [6.45, 7) is 10.7. The van der Waals surface area contributed by atoms with Crippen LogP contribution in [0.2, 0.25) is 0 Å². The Morgan fingerprint density at radius 1 is 1.23 bits per heavy atom. The van der Waals surface area contributed by atoms with Crippen molar-refractivity contribution in [3.8, 4) is 0 Å². The fraction of sp³-hybridized carbons (Fsp3) is 0.647. The molecule has 1 fully saturated rings. The van der Waals surface area contributed by atoms with Crippen LogP contribution in [0, 0.1) is 0 Å². The monoisotopic (exact) mass is 475 g/mol. The summed E-state index contributed by atoms with van der Waals surface area (Å²) in [5.41, 5.74) is 0. The van der Waals surface area contributed by atoms with Crippen LogP contribution in [0.5, 0.6) is 0 Å². The number of aliphatic imine (C=N–C) groups is 1. The highest BCUT2D eigenvalue weighted by molar-refractivity contribution is 14.0. The summed E-state index contributed by atoms with van der Waals surface area (Å²) in [6, 6.07) is 1.99. The Morgan fingerprint density at radius 3 is 2.46 bits per heavy atom. The molecule has 1 aliphatic rings. The molecule has 0 aromatic carbocycles. The van der Waals surface area contributed by atoms with Crippen molar-refractivity contribution in [1.29, 1.82) is 0 Å². The first kappa shape index (κ1) is 22.4. The molecule has 9 heteroatoms. The second-order valence-electron chi connectivity index (χ2n) is 6.23. The Bertz CT molecular complexity index is 559. The van der Waals surface area contributed by atoms with E-state index in [1.165, 1.54) is 0 Å². The summed E-state index contributed by atoms with van der Waals surface area (Å²) < 4.78 is 0. The standard InChI is InChI=1S/C17H29N7O.HI/c1-4-18-16(21-9-6-15(25)22-14(2)3)23-10-12-24(13-11-23)17-19-7-5-8-20-17;/h5,7-8,14H,4,6,9-13H2,1-3H3,(H,18,21)(H,22,25);1H. The Kier molecular flexibility index (Phi) is 10.2. The van der Waals surface area contributed by atoms with Gasteiger partial charge >= 0.3 is 0 Å². The van der Waals surface area contributed by atoms with Gasteiger partial charge in [0, 0.05) is 57.6 Å². The minimum Gasteiger partial charge on any atom is -0.357 e. The van der Waals surface area contributed by atoms with Gasteiger partial charge in [-0.05, 0) is 26.8 Å². The second kappa shape index (κ2) is 11.9. The average Bonchev–Trinajstić information content (AvgIpc) is 2.61. The number of carbonyl (C=O) groups excluding carboxylic acids is 1. The number of carbonyl (C=O) groups is 1. The molecule has 26 heavy (non-hydrogen) atoms. The van der Waals surface area contributed by atoms with Gasteiger partial charge in [0.15, 0.2) is 5.96 Å². The van der Waals surface area contributed by atoms with Gasteiger partial charge in [-0.2, -0.15) is 0 Å². The molecule has 0 atom stereocenters. The third-order valence-corrected chi connectivity index (χ3v) is 3.80. The van der Waals surface area contributed by atoms with Crippen molar-refractivity contribution in [1.82, 2.24) is 25.5 Å². The largest absolute Gasteiger partial charge is 0.357 e. The van der Waals surface area contributed by atoms with Gasteiger partial charge in [0.25, 0.3) is 0 Å². The zero-order chi connectivity index (χ0) is 18.1. The number of piperazine rings is 1. The van der Waals surface area contributed by atoms with Gasteiger partial charge in [0.2, 0.25) is 11.9 Å². The van der Waals surface area contributed by atoms with Gasteiger partial charge in [-0.1, -0.05) is 0 Å². The highest BCUT2D eigenvalue weighted by Crippen LogP contribution is 2.09. The third kappa shape index (κ3) is 7.30. The van der Waals surface area contributed by atoms with Crippen LogP contribution in [0.1, 0.15) is 27.2 Å². The zero-order valence-electron chi connectivity index (χ0n) is 15.8. The molecule has 1 aliphatic heterocycles. The van der Waals surface area contributed by atoms with Gasteiger partial charge in [0.1, 0.15) is 0 Å². The van der Waals surface area contributed by atoms with Crippen LogP contribution in [0.4, 0.5) is 5.95 Å². The molecule has 0 spiro atoms. The Balaban J connectivity index is 0.00000338. The molecule has 1 saturated heterocycles. The molecule has 1 amide bonds. The summed E-state index contributed by atoms with van der Waals surface area (Å²) in [7, 11) is 0. The Labute approximate surface area is 172 Å². The van der Waals surface area contributed by atoms with Crippen molar-refractivity contribution in [2.45, 2.75) is 33.2 Å². The first-order chi connectivity index (χ1) is 12.1. The van der Waals surface area contributed by atoms with Crippen LogP contribution in [0.3, 0.4) is 0 Å². The summed E-state index contributed by atoms with van der Waals surface area (Å²) >= 11 is 0. The lowest BCUT2D eigenvalue weighted by Crippen LogP contribution is -2.53. The number of anilines is 1. The molecule has 2 heterocycles. The molecule has 1 aromatic rings. The second-order valence-corrected chi connectivity index (χ2v) is 6.23. The molecule has 8 nitrogen and oxygen atoms in total. The SMILES string of the molecule is CCNC(=NCCC(=O)NC(C)C)N1CCN(c2ncccn2)CC1.I. The highest BCUT2D eigenvalue weighted by atomic mass is 127. The lowest BCUT2D eigenvalue weighted by molar-refractivity contribution is -0.121. The number of nitrogens with one attached hydrogen (secondary N) is 2. The number of guanidine groups is 1. The van der Waals surface area contributed by atoms with Gasteiger partial charge in [-0.25, -0.2) is 9.97 Å². The molecule has 0 radical (unpaired) electrons. The first-order valence-corrected chi connectivity index (χ1v) is 8.94. The maximum atomic E-state index is 11.7. The maximum Gasteiger partial charge on any atom is 0.225 e. The maximum absolute atomic E-state index is 11.7. The lowest BCUT2D eigenvalue weighted by atomic mass is 10.3. The fourth-order valence-corrected chi connectivity index (χ4v) is 2.66. The fourth-order valence-electron chi connectivity index (χ4n) is 2.66. The molecule has 0 saturated carbocycles. The Hall–Kier alpha value is -1.65. The Morgan fingerprint density at radius 2 is 1.88 bits per heavy atom. The average molecular weight is 475 g/mol. The van der Waals surface area contributed by atoms with Gasteiger partial charge in [0.05, 0.1) is 6.54 Å². The number of amides is 1. The predicted molar refractivity (Wildman–Crippen MR) is 115 cm³/mol. The molecule has 2 N–H and O–H groups in total. The molecule has 146 valence electrons. The zero-order valence-corrected chi connectivity index (χ0v) is 18.1. The van der Waals surface area contributed by atoms with Crippen molar-refractivity contribution in [3.05, 3.63) is 18.5 Å². The number of aromatic nitrogens is 2. The van der Waals surface area contributed by atoms with Crippen LogP contribution in [-0.2, 0) is 4.79 Å². The van der Waals surface area contributed by atoms with E-state index in [0.29, 0.717) is 13.0 Å². The van der Waals surface area contributed by atoms with Crippen molar-refractivity contribution < 1.29 is 4.79 Å². The van der Waals surface area contributed by atoms with E-state index in [0.717, 1.165) is 44.6 Å². The van der Waals surface area contributed by atoms with Crippen molar-refractivity contribution in [3.63, 3.8) is 0 Å². The van der Waals surface area contributed by atoms with Crippen LogP contribution in [0.15, 0.2) is 23.5 Å². The van der Waals surface area contributed by atoms with Crippen molar-refractivity contribution in [2.24, 2.45) is 4.99 Å². The molecule has 1 aromatic heterocycles. The molecule has 0 aliphatic carbocycles. The number of rotatable bonds is 6. The summed E-state index contributed by atoms with van der Waals surface area (Å²) in [5.74, 6) is 1.68. The number of halogens is 1. The van der Waals surface area contributed by atoms with Crippen LogP contribution < -0.4 is 15.5 Å². The minimum absolute atomic E-state index is 0. The summed E-state index contributed by atoms with van der Waals surface area (Å²) in [5, 5.41) is 6.21. The van der Waals surface area contributed by atoms with E-state index in [2.05, 4.69) is 42.3 Å². The summed E-state index contributed by atoms with van der Waals surface area (Å²) in [4.78, 5) is 29.4. The number of hydrogen-bond donors (Lipinski definition) is 2. The van der Waals surface area contributed by atoms with E-state index in [4.69, 9.17) is 0 Å². The quantitative estimate of drug-likeness (QED) is 0.364. The summed E-state index contributed by atoms with van der Waals surface area (Å²) in [6.07, 6.45) is 3.94. The topological polar surface area (TPSA) is 85.8 Å². The molecular weight excluding hydrogens is 445 g/mol. The van der Waals surface area contributed by atoms with E-state index in [1.54, 1.807) is 12.4 Å². The smallest absolute Gasteiger partial charge is 0.225 e. The van der Waals surface area contributed by atoms with Crippen LogP contribution in [-0.4, -0.2) is 72.0 Å². The molecule has 0 unspecified atom stereocenters. The molecule has 0 bridgehead atoms. The van der Waals surface area contributed by atoms with Crippen molar-refractivity contribution >= 4 is 41.8 Å². The predicted octanol–water partition coefficient (Wildman–Crippen LogP) is 1.10. The van der Waals surface area contributed by atoms with Crippen LogP contribution >= 0.6 is 24.0 Å². The minimum atomic E-state index is 0. The lowest BCUT2D eigenvalue weighted by Gasteiger charge is -2.36. The number of nitrogens with zero attached hydrogens (tertiary/aromatic N) is 5. The van der Waals surface area contributed by atoms with Gasteiger partial charge in [-0.3, -0.25) is 9.79 Å². The normalized spacial score (nSPS) is 14.8. The van der Waals surface area contributed by atoms with Crippen LogP contribution in [0.25, 0.3) is 0 Å². The van der Waals surface area contributed by atoms with Gasteiger partial charge < -0.3 is 20.4 Å². The highest BCUT2D eigenvalue weighted by Gasteiger charge is 2.21. The molecule has 2 rings (SSSR count). The van der Waals surface area contributed by atoms with E-state index in [9.17, 15) is 4.79 Å². The van der Waals surface area contributed by atoms with Crippen molar-refractivity contribution in [2.75, 3.05) is 44.2 Å². The van der Waals surface area contributed by atoms with E-state index in [1.807, 2.05) is 19.9 Å². The first-order valence-electron chi connectivity index (χ1n) is 8.94.